The van der Waals surface area contributed by atoms with E-state index in [9.17, 15) is 20.3 Å². The zero-order valence-electron chi connectivity index (χ0n) is 12.9. The number of nitro benzene ring substituents is 1. The van der Waals surface area contributed by atoms with Gasteiger partial charge in [0.1, 0.15) is 5.75 Å². The highest BCUT2D eigenvalue weighted by Crippen LogP contribution is 2.28. The molecule has 6 nitrogen and oxygen atoms in total. The molecule has 0 spiro atoms. The number of phenolic OH excluding ortho intramolecular Hbond substituents is 1. The van der Waals surface area contributed by atoms with Gasteiger partial charge in [-0.1, -0.05) is 19.3 Å². The minimum absolute atomic E-state index is 0.0200. The Labute approximate surface area is 130 Å². The van der Waals surface area contributed by atoms with Crippen molar-refractivity contribution in [1.82, 2.24) is 4.90 Å². The van der Waals surface area contributed by atoms with Crippen molar-refractivity contribution in [1.29, 1.82) is 0 Å². The number of aromatic hydroxyl groups is 1. The molecule has 2 N–H and O–H groups in total. The quantitative estimate of drug-likeness (QED) is 0.623. The summed E-state index contributed by atoms with van der Waals surface area (Å²) in [6.45, 7) is 2.67. The molecular formula is C16H24N2O4. The molecule has 1 aliphatic rings. The maximum atomic E-state index is 10.9. The summed E-state index contributed by atoms with van der Waals surface area (Å²) in [6, 6.07) is 4.46. The first-order valence-electron chi connectivity index (χ1n) is 7.85. The lowest BCUT2D eigenvalue weighted by molar-refractivity contribution is -0.385. The molecular weight excluding hydrogens is 284 g/mol. The molecule has 0 bridgehead atoms. The average Bonchev–Trinajstić information content (AvgIpc) is 2.49. The zero-order valence-corrected chi connectivity index (χ0v) is 12.9. The molecule has 122 valence electrons. The van der Waals surface area contributed by atoms with Gasteiger partial charge >= 0.3 is 0 Å². The summed E-state index contributed by atoms with van der Waals surface area (Å²) in [5.41, 5.74) is 0.522. The van der Waals surface area contributed by atoms with Crippen LogP contribution in [0.2, 0.25) is 0 Å². The highest BCUT2D eigenvalue weighted by atomic mass is 16.6. The number of non-ortho nitro benzene ring substituents is 1. The SMILES string of the molecule is CC(O)CN(Cc1cc([N+](=O)[O-])ccc1O)C1CCCCC1. The highest BCUT2D eigenvalue weighted by Gasteiger charge is 2.24. The second-order valence-corrected chi connectivity index (χ2v) is 6.14. The Balaban J connectivity index is 2.18. The number of aliphatic hydroxyl groups excluding tert-OH is 1. The largest absolute Gasteiger partial charge is 0.508 e. The van der Waals surface area contributed by atoms with E-state index in [0.717, 1.165) is 12.8 Å². The van der Waals surface area contributed by atoms with Gasteiger partial charge in [-0.3, -0.25) is 15.0 Å². The monoisotopic (exact) mass is 308 g/mol. The first-order chi connectivity index (χ1) is 10.5. The molecule has 1 fully saturated rings. The summed E-state index contributed by atoms with van der Waals surface area (Å²) in [6.07, 6.45) is 5.25. The van der Waals surface area contributed by atoms with E-state index in [1.807, 2.05) is 0 Å². The Morgan fingerprint density at radius 1 is 1.36 bits per heavy atom. The number of nitro groups is 1. The molecule has 1 unspecified atom stereocenters. The van der Waals surface area contributed by atoms with Crippen molar-refractivity contribution in [2.24, 2.45) is 0 Å². The zero-order chi connectivity index (χ0) is 16.1. The van der Waals surface area contributed by atoms with Crippen LogP contribution in [0.3, 0.4) is 0 Å². The Bertz CT molecular complexity index is 513. The number of benzene rings is 1. The number of rotatable bonds is 6. The lowest BCUT2D eigenvalue weighted by atomic mass is 9.93. The fourth-order valence-corrected chi connectivity index (χ4v) is 3.16. The van der Waals surface area contributed by atoms with Crippen LogP contribution in [0.15, 0.2) is 18.2 Å². The van der Waals surface area contributed by atoms with Crippen molar-refractivity contribution < 1.29 is 15.1 Å². The second kappa shape index (κ2) is 7.56. The van der Waals surface area contributed by atoms with Gasteiger partial charge in [-0.15, -0.1) is 0 Å². The van der Waals surface area contributed by atoms with Gasteiger partial charge in [0.15, 0.2) is 0 Å². The van der Waals surface area contributed by atoms with Crippen LogP contribution in [0.25, 0.3) is 0 Å². The van der Waals surface area contributed by atoms with Gasteiger partial charge in [0.25, 0.3) is 5.69 Å². The van der Waals surface area contributed by atoms with Crippen LogP contribution in [-0.2, 0) is 6.54 Å². The van der Waals surface area contributed by atoms with E-state index in [2.05, 4.69) is 4.90 Å². The van der Waals surface area contributed by atoms with E-state index in [4.69, 9.17) is 0 Å². The molecule has 0 aliphatic heterocycles. The first kappa shape index (κ1) is 16.7. The highest BCUT2D eigenvalue weighted by molar-refractivity contribution is 5.43. The summed E-state index contributed by atoms with van der Waals surface area (Å²) >= 11 is 0. The molecule has 1 aromatic carbocycles. The molecule has 22 heavy (non-hydrogen) atoms. The van der Waals surface area contributed by atoms with E-state index in [1.165, 1.54) is 37.5 Å². The summed E-state index contributed by atoms with van der Waals surface area (Å²) in [7, 11) is 0. The van der Waals surface area contributed by atoms with Crippen LogP contribution < -0.4 is 0 Å². The predicted octanol–water partition coefficient (Wildman–Crippen LogP) is 2.82. The number of hydrogen-bond donors (Lipinski definition) is 2. The van der Waals surface area contributed by atoms with Gasteiger partial charge in [-0.2, -0.15) is 0 Å². The van der Waals surface area contributed by atoms with Gasteiger partial charge in [0.2, 0.25) is 0 Å². The predicted molar refractivity (Wildman–Crippen MR) is 83.7 cm³/mol. The Morgan fingerprint density at radius 2 is 2.05 bits per heavy atom. The molecule has 0 radical (unpaired) electrons. The van der Waals surface area contributed by atoms with Crippen LogP contribution >= 0.6 is 0 Å². The third kappa shape index (κ3) is 4.42. The maximum Gasteiger partial charge on any atom is 0.270 e. The van der Waals surface area contributed by atoms with Crippen LogP contribution in [0.4, 0.5) is 5.69 Å². The minimum atomic E-state index is -0.470. The van der Waals surface area contributed by atoms with E-state index in [0.29, 0.717) is 24.7 Å². The fraction of sp³-hybridized carbons (Fsp3) is 0.625. The van der Waals surface area contributed by atoms with Crippen molar-refractivity contribution in [3.8, 4) is 5.75 Å². The Kier molecular flexibility index (Phi) is 5.74. The Morgan fingerprint density at radius 3 is 2.64 bits per heavy atom. The fourth-order valence-electron chi connectivity index (χ4n) is 3.16. The number of phenols is 1. The third-order valence-electron chi connectivity index (χ3n) is 4.24. The molecule has 2 rings (SSSR count). The minimum Gasteiger partial charge on any atom is -0.508 e. The molecule has 1 aliphatic carbocycles. The number of hydrogen-bond acceptors (Lipinski definition) is 5. The standard InChI is InChI=1S/C16H24N2O4/c1-12(19)10-17(14-5-3-2-4-6-14)11-13-9-15(18(21)22)7-8-16(13)20/h7-9,12,14,19-20H,2-6,10-11H2,1H3. The van der Waals surface area contributed by atoms with Gasteiger partial charge in [-0.05, 0) is 25.8 Å². The number of aliphatic hydroxyl groups is 1. The summed E-state index contributed by atoms with van der Waals surface area (Å²) < 4.78 is 0. The molecule has 1 saturated carbocycles. The topological polar surface area (TPSA) is 86.8 Å². The van der Waals surface area contributed by atoms with Crippen molar-refractivity contribution in [3.05, 3.63) is 33.9 Å². The molecule has 1 atom stereocenters. The van der Waals surface area contributed by atoms with Crippen molar-refractivity contribution >= 4 is 5.69 Å². The summed E-state index contributed by atoms with van der Waals surface area (Å²) in [4.78, 5) is 12.6. The Hall–Kier alpha value is -1.66. The smallest absolute Gasteiger partial charge is 0.270 e. The van der Waals surface area contributed by atoms with Crippen LogP contribution in [0.1, 0.15) is 44.6 Å². The van der Waals surface area contributed by atoms with Gasteiger partial charge in [0.05, 0.1) is 11.0 Å². The van der Waals surface area contributed by atoms with Crippen LogP contribution in [0, 0.1) is 10.1 Å². The average molecular weight is 308 g/mol. The van der Waals surface area contributed by atoms with Gasteiger partial charge in [0, 0.05) is 36.8 Å². The van der Waals surface area contributed by atoms with E-state index in [1.54, 1.807) is 6.92 Å². The van der Waals surface area contributed by atoms with E-state index >= 15 is 0 Å². The maximum absolute atomic E-state index is 10.9. The lowest BCUT2D eigenvalue weighted by Crippen LogP contribution is -2.40. The van der Waals surface area contributed by atoms with E-state index < -0.39 is 11.0 Å². The van der Waals surface area contributed by atoms with E-state index in [-0.39, 0.29) is 11.4 Å². The normalized spacial score (nSPS) is 17.6. The molecule has 0 amide bonds. The molecule has 0 heterocycles. The van der Waals surface area contributed by atoms with Gasteiger partial charge < -0.3 is 10.2 Å². The van der Waals surface area contributed by atoms with Crippen molar-refractivity contribution in [2.75, 3.05) is 6.54 Å². The van der Waals surface area contributed by atoms with Gasteiger partial charge in [-0.25, -0.2) is 0 Å². The van der Waals surface area contributed by atoms with Crippen LogP contribution in [0.5, 0.6) is 5.75 Å². The summed E-state index contributed by atoms with van der Waals surface area (Å²) in [5.74, 6) is 0.0667. The first-order valence-corrected chi connectivity index (χ1v) is 7.85. The van der Waals surface area contributed by atoms with Crippen molar-refractivity contribution in [3.63, 3.8) is 0 Å². The second-order valence-electron chi connectivity index (χ2n) is 6.14. The third-order valence-corrected chi connectivity index (χ3v) is 4.24. The number of nitrogens with zero attached hydrogens (tertiary/aromatic N) is 2. The molecule has 0 aromatic heterocycles. The molecule has 6 heteroatoms. The lowest BCUT2D eigenvalue weighted by Gasteiger charge is -2.35. The molecule has 0 saturated heterocycles. The van der Waals surface area contributed by atoms with Crippen molar-refractivity contribution in [2.45, 2.75) is 57.7 Å². The molecule has 1 aromatic rings. The summed E-state index contributed by atoms with van der Waals surface area (Å²) in [5, 5.41) is 30.6. The van der Waals surface area contributed by atoms with Crippen LogP contribution in [-0.4, -0.2) is 38.7 Å².